The molecule has 1 fully saturated rings. The zero-order valence-corrected chi connectivity index (χ0v) is 11.6. The van der Waals surface area contributed by atoms with Crippen LogP contribution in [0.5, 0.6) is 5.75 Å². The number of nitrogens with zero attached hydrogens (tertiary/aromatic N) is 1. The molecule has 1 atom stereocenters. The maximum Gasteiger partial charge on any atom is 0.573 e. The lowest BCUT2D eigenvalue weighted by Crippen LogP contribution is -2.40. The van der Waals surface area contributed by atoms with Crippen LogP contribution in [0.4, 0.5) is 18.9 Å². The monoisotopic (exact) mass is 302 g/mol. The molecule has 0 saturated carbocycles. The van der Waals surface area contributed by atoms with Crippen LogP contribution in [0.15, 0.2) is 24.3 Å². The van der Waals surface area contributed by atoms with Gasteiger partial charge < -0.3 is 10.1 Å². The van der Waals surface area contributed by atoms with Crippen LogP contribution >= 0.6 is 0 Å². The predicted octanol–water partition coefficient (Wildman–Crippen LogP) is 3.01. The first-order chi connectivity index (χ1) is 9.85. The van der Waals surface area contributed by atoms with E-state index in [2.05, 4.69) is 15.0 Å². The van der Waals surface area contributed by atoms with Crippen molar-refractivity contribution in [1.82, 2.24) is 4.90 Å². The van der Waals surface area contributed by atoms with Crippen LogP contribution in [-0.2, 0) is 4.79 Å². The van der Waals surface area contributed by atoms with Crippen LogP contribution < -0.4 is 10.1 Å². The summed E-state index contributed by atoms with van der Waals surface area (Å²) in [4.78, 5) is 14.1. The maximum atomic E-state index is 12.0. The molecule has 7 heteroatoms. The largest absolute Gasteiger partial charge is 0.573 e. The molecule has 0 aliphatic carbocycles. The summed E-state index contributed by atoms with van der Waals surface area (Å²) in [6, 6.07) is 4.86. The van der Waals surface area contributed by atoms with Gasteiger partial charge >= 0.3 is 6.36 Å². The molecule has 2 rings (SSSR count). The fourth-order valence-corrected chi connectivity index (χ4v) is 2.28. The van der Waals surface area contributed by atoms with Gasteiger partial charge in [-0.15, -0.1) is 13.2 Å². The lowest BCUT2D eigenvalue weighted by atomic mass is 10.2. The summed E-state index contributed by atoms with van der Waals surface area (Å²) in [5, 5.41) is 2.69. The number of amides is 1. The normalized spacial score (nSPS) is 17.5. The Bertz CT molecular complexity index is 482. The highest BCUT2D eigenvalue weighted by atomic mass is 19.4. The van der Waals surface area contributed by atoms with E-state index in [-0.39, 0.29) is 17.7 Å². The van der Waals surface area contributed by atoms with Crippen molar-refractivity contribution >= 4 is 11.6 Å². The number of halogens is 3. The molecule has 4 nitrogen and oxygen atoms in total. The average molecular weight is 302 g/mol. The molecule has 0 radical (unpaired) electrons. The van der Waals surface area contributed by atoms with Crippen molar-refractivity contribution in [3.05, 3.63) is 24.3 Å². The van der Waals surface area contributed by atoms with Gasteiger partial charge in [-0.1, -0.05) is 0 Å². The minimum atomic E-state index is -4.71. The second kappa shape index (κ2) is 6.34. The molecule has 116 valence electrons. The number of carbonyl (C=O) groups excluding carboxylic acids is 1. The van der Waals surface area contributed by atoms with Gasteiger partial charge in [0.1, 0.15) is 5.75 Å². The Morgan fingerprint density at radius 3 is 2.33 bits per heavy atom. The first-order valence-electron chi connectivity index (χ1n) is 6.76. The van der Waals surface area contributed by atoms with Gasteiger partial charge in [-0.3, -0.25) is 9.69 Å². The van der Waals surface area contributed by atoms with Crippen molar-refractivity contribution in [2.45, 2.75) is 32.2 Å². The zero-order chi connectivity index (χ0) is 15.5. The molecule has 1 aromatic carbocycles. The topological polar surface area (TPSA) is 41.6 Å². The third-order valence-electron chi connectivity index (χ3n) is 3.42. The molecular formula is C14H17F3N2O2. The number of rotatable bonds is 4. The van der Waals surface area contributed by atoms with Crippen LogP contribution in [0.3, 0.4) is 0 Å². The Kier molecular flexibility index (Phi) is 4.72. The summed E-state index contributed by atoms with van der Waals surface area (Å²) in [5.41, 5.74) is 0.445. The standard InChI is InChI=1S/C14H17F3N2O2/c1-10(19-8-2-3-9-19)13(20)18-11-4-6-12(7-5-11)21-14(15,16)17/h4-7,10H,2-3,8-9H2,1H3,(H,18,20)/t10-/m1/s1. The molecular weight excluding hydrogens is 285 g/mol. The summed E-state index contributed by atoms with van der Waals surface area (Å²) >= 11 is 0. The fourth-order valence-electron chi connectivity index (χ4n) is 2.28. The second-order valence-electron chi connectivity index (χ2n) is 4.98. The molecule has 0 bridgehead atoms. The third kappa shape index (κ3) is 4.63. The Morgan fingerprint density at radius 2 is 1.81 bits per heavy atom. The summed E-state index contributed by atoms with van der Waals surface area (Å²) in [7, 11) is 0. The lowest BCUT2D eigenvalue weighted by Gasteiger charge is -2.22. The van der Waals surface area contributed by atoms with E-state index in [0.29, 0.717) is 5.69 Å². The van der Waals surface area contributed by atoms with Gasteiger partial charge in [0.05, 0.1) is 6.04 Å². The van der Waals surface area contributed by atoms with Crippen molar-refractivity contribution in [3.8, 4) is 5.75 Å². The van der Waals surface area contributed by atoms with Crippen LogP contribution in [0, 0.1) is 0 Å². The number of hydrogen-bond donors (Lipinski definition) is 1. The average Bonchev–Trinajstić information content (AvgIpc) is 2.92. The molecule has 21 heavy (non-hydrogen) atoms. The molecule has 1 heterocycles. The van der Waals surface area contributed by atoms with Crippen LogP contribution in [0.25, 0.3) is 0 Å². The van der Waals surface area contributed by atoms with Crippen molar-refractivity contribution in [2.24, 2.45) is 0 Å². The third-order valence-corrected chi connectivity index (χ3v) is 3.42. The number of alkyl halides is 3. The first kappa shape index (κ1) is 15.6. The Labute approximate surface area is 120 Å². The highest BCUT2D eigenvalue weighted by Gasteiger charge is 2.31. The van der Waals surface area contributed by atoms with E-state index in [1.165, 1.54) is 24.3 Å². The summed E-state index contributed by atoms with van der Waals surface area (Å²) in [6.07, 6.45) is -2.54. The van der Waals surface area contributed by atoms with Crippen molar-refractivity contribution in [1.29, 1.82) is 0 Å². The molecule has 1 aromatic rings. The van der Waals surface area contributed by atoms with Crippen molar-refractivity contribution < 1.29 is 22.7 Å². The molecule has 1 amide bonds. The maximum absolute atomic E-state index is 12.0. The Hall–Kier alpha value is -1.76. The van der Waals surface area contributed by atoms with E-state index < -0.39 is 6.36 Å². The van der Waals surface area contributed by atoms with Gasteiger partial charge in [0, 0.05) is 5.69 Å². The molecule has 0 spiro atoms. The summed E-state index contributed by atoms with van der Waals surface area (Å²) in [5.74, 6) is -0.477. The highest BCUT2D eigenvalue weighted by molar-refractivity contribution is 5.94. The molecule has 1 saturated heterocycles. The van der Waals surface area contributed by atoms with Crippen molar-refractivity contribution in [2.75, 3.05) is 18.4 Å². The predicted molar refractivity (Wildman–Crippen MR) is 72.0 cm³/mol. The molecule has 0 unspecified atom stereocenters. The number of anilines is 1. The number of ether oxygens (including phenoxy) is 1. The van der Waals surface area contributed by atoms with Crippen LogP contribution in [-0.4, -0.2) is 36.3 Å². The Balaban J connectivity index is 1.92. The van der Waals surface area contributed by atoms with Crippen molar-refractivity contribution in [3.63, 3.8) is 0 Å². The van der Waals surface area contributed by atoms with Gasteiger partial charge in [-0.2, -0.15) is 0 Å². The van der Waals surface area contributed by atoms with E-state index in [9.17, 15) is 18.0 Å². The van der Waals surface area contributed by atoms with E-state index in [1.807, 2.05) is 6.92 Å². The molecule has 1 aliphatic heterocycles. The minimum Gasteiger partial charge on any atom is -0.406 e. The smallest absolute Gasteiger partial charge is 0.406 e. The number of nitrogens with one attached hydrogen (secondary N) is 1. The van der Waals surface area contributed by atoms with Gasteiger partial charge in [0.25, 0.3) is 0 Å². The van der Waals surface area contributed by atoms with E-state index in [1.54, 1.807) is 0 Å². The van der Waals surface area contributed by atoms with Gasteiger partial charge in [0.2, 0.25) is 5.91 Å². The van der Waals surface area contributed by atoms with Crippen LogP contribution in [0.2, 0.25) is 0 Å². The fraction of sp³-hybridized carbons (Fsp3) is 0.500. The van der Waals surface area contributed by atoms with E-state index in [4.69, 9.17) is 0 Å². The molecule has 0 aromatic heterocycles. The number of benzene rings is 1. The quantitative estimate of drug-likeness (QED) is 0.929. The lowest BCUT2D eigenvalue weighted by molar-refractivity contribution is -0.274. The number of hydrogen-bond acceptors (Lipinski definition) is 3. The van der Waals surface area contributed by atoms with E-state index in [0.717, 1.165) is 25.9 Å². The highest BCUT2D eigenvalue weighted by Crippen LogP contribution is 2.24. The summed E-state index contributed by atoms with van der Waals surface area (Å²) < 4.78 is 39.9. The second-order valence-corrected chi connectivity index (χ2v) is 4.98. The number of carbonyl (C=O) groups is 1. The molecule has 1 N–H and O–H groups in total. The van der Waals surface area contributed by atoms with Crippen LogP contribution in [0.1, 0.15) is 19.8 Å². The van der Waals surface area contributed by atoms with Gasteiger partial charge in [-0.25, -0.2) is 0 Å². The van der Waals surface area contributed by atoms with Gasteiger partial charge in [-0.05, 0) is 57.1 Å². The Morgan fingerprint density at radius 1 is 1.24 bits per heavy atom. The number of likely N-dealkylation sites (tertiary alicyclic amines) is 1. The van der Waals surface area contributed by atoms with Gasteiger partial charge in [0.15, 0.2) is 0 Å². The minimum absolute atomic E-state index is 0.165. The molecule has 1 aliphatic rings. The van der Waals surface area contributed by atoms with E-state index >= 15 is 0 Å². The summed E-state index contributed by atoms with van der Waals surface area (Å²) in [6.45, 7) is 3.61. The SMILES string of the molecule is C[C@H](C(=O)Nc1ccc(OC(F)(F)F)cc1)N1CCCC1. The zero-order valence-electron chi connectivity index (χ0n) is 11.6. The first-order valence-corrected chi connectivity index (χ1v) is 6.76.